The van der Waals surface area contributed by atoms with Crippen molar-refractivity contribution in [1.82, 2.24) is 0 Å². The first-order valence-electron chi connectivity index (χ1n) is 4.85. The fraction of sp³-hybridized carbons (Fsp3) is 0.417. The molecule has 2 nitrogen and oxygen atoms in total. The molecule has 0 aromatic rings. The number of hydrogen-bond acceptors (Lipinski definition) is 1. The van der Waals surface area contributed by atoms with Crippen molar-refractivity contribution in [3.05, 3.63) is 36.0 Å². The van der Waals surface area contributed by atoms with Crippen molar-refractivity contribution in [2.45, 2.75) is 26.2 Å². The fourth-order valence-corrected chi connectivity index (χ4v) is 1.62. The van der Waals surface area contributed by atoms with Gasteiger partial charge in [0, 0.05) is 6.08 Å². The molecule has 1 rings (SSSR count). The smallest absolute Gasteiger partial charge is 0.328 e. The fourth-order valence-electron chi connectivity index (χ4n) is 1.62. The summed E-state index contributed by atoms with van der Waals surface area (Å²) < 4.78 is 0. The van der Waals surface area contributed by atoms with E-state index in [2.05, 4.69) is 19.6 Å². The summed E-state index contributed by atoms with van der Waals surface area (Å²) in [6, 6.07) is 0. The standard InChI is InChI=1S/C12H16O2/c1-9-3-6-11(7-4-9)10(2)5-8-12(13)14/h3,5,8,11H,2,4,6-7H2,1H3,(H,13,14)/b8-5+. The van der Waals surface area contributed by atoms with Crippen molar-refractivity contribution in [3.8, 4) is 0 Å². The van der Waals surface area contributed by atoms with Crippen LogP contribution < -0.4 is 0 Å². The zero-order chi connectivity index (χ0) is 10.6. The summed E-state index contributed by atoms with van der Waals surface area (Å²) in [6.45, 7) is 6.03. The zero-order valence-electron chi connectivity index (χ0n) is 8.49. The van der Waals surface area contributed by atoms with Gasteiger partial charge in [-0.3, -0.25) is 0 Å². The van der Waals surface area contributed by atoms with E-state index in [1.165, 1.54) is 5.57 Å². The Bertz CT molecular complexity index is 297. The summed E-state index contributed by atoms with van der Waals surface area (Å²) in [5, 5.41) is 8.46. The van der Waals surface area contributed by atoms with Crippen LogP contribution in [0.4, 0.5) is 0 Å². The van der Waals surface area contributed by atoms with Crippen molar-refractivity contribution in [2.75, 3.05) is 0 Å². The minimum atomic E-state index is -0.909. The number of carboxylic acid groups (broad SMARTS) is 1. The number of aliphatic carboxylic acids is 1. The molecular formula is C12H16O2. The topological polar surface area (TPSA) is 37.3 Å². The average molecular weight is 192 g/mol. The van der Waals surface area contributed by atoms with E-state index in [0.717, 1.165) is 30.9 Å². The molecule has 0 spiro atoms. The first-order chi connectivity index (χ1) is 6.59. The van der Waals surface area contributed by atoms with Gasteiger partial charge in [0.2, 0.25) is 0 Å². The van der Waals surface area contributed by atoms with E-state index in [-0.39, 0.29) is 0 Å². The van der Waals surface area contributed by atoms with Gasteiger partial charge < -0.3 is 5.11 Å². The molecule has 0 aliphatic heterocycles. The summed E-state index contributed by atoms with van der Waals surface area (Å²) in [6.07, 6.45) is 8.17. The van der Waals surface area contributed by atoms with E-state index >= 15 is 0 Å². The summed E-state index contributed by atoms with van der Waals surface area (Å²) in [4.78, 5) is 10.3. The second kappa shape index (κ2) is 4.80. The summed E-state index contributed by atoms with van der Waals surface area (Å²) in [5.41, 5.74) is 2.35. The van der Waals surface area contributed by atoms with Crippen LogP contribution in [-0.2, 0) is 4.79 Å². The Labute approximate surface area is 84.6 Å². The van der Waals surface area contributed by atoms with Crippen LogP contribution in [-0.4, -0.2) is 11.1 Å². The molecule has 0 fully saturated rings. The first-order valence-corrected chi connectivity index (χ1v) is 4.85. The lowest BCUT2D eigenvalue weighted by Crippen LogP contribution is -2.06. The molecule has 1 aliphatic carbocycles. The van der Waals surface area contributed by atoms with E-state index in [0.29, 0.717) is 5.92 Å². The summed E-state index contributed by atoms with van der Waals surface area (Å²) >= 11 is 0. The highest BCUT2D eigenvalue weighted by Gasteiger charge is 2.13. The minimum Gasteiger partial charge on any atom is -0.478 e. The normalized spacial score (nSPS) is 22.1. The molecular weight excluding hydrogens is 176 g/mol. The largest absolute Gasteiger partial charge is 0.478 e. The van der Waals surface area contributed by atoms with Crippen molar-refractivity contribution in [3.63, 3.8) is 0 Å². The van der Waals surface area contributed by atoms with Crippen LogP contribution in [0, 0.1) is 5.92 Å². The predicted octanol–water partition coefficient (Wildman–Crippen LogP) is 2.93. The number of allylic oxidation sites excluding steroid dienone is 4. The van der Waals surface area contributed by atoms with Crippen molar-refractivity contribution in [2.24, 2.45) is 5.92 Å². The van der Waals surface area contributed by atoms with Gasteiger partial charge in [0.15, 0.2) is 0 Å². The van der Waals surface area contributed by atoms with Crippen LogP contribution in [0.1, 0.15) is 26.2 Å². The molecule has 0 aromatic carbocycles. The molecule has 1 unspecified atom stereocenters. The third kappa shape index (κ3) is 3.21. The van der Waals surface area contributed by atoms with Crippen LogP contribution in [0.5, 0.6) is 0 Å². The van der Waals surface area contributed by atoms with Crippen molar-refractivity contribution in [1.29, 1.82) is 0 Å². The van der Waals surface area contributed by atoms with Crippen LogP contribution >= 0.6 is 0 Å². The van der Waals surface area contributed by atoms with Gasteiger partial charge in [0.25, 0.3) is 0 Å². The SMILES string of the molecule is C=C(/C=C/C(=O)O)C1CC=C(C)CC1. The zero-order valence-corrected chi connectivity index (χ0v) is 8.49. The molecule has 2 heteroatoms. The average Bonchev–Trinajstić information content (AvgIpc) is 2.15. The Morgan fingerprint density at radius 3 is 2.86 bits per heavy atom. The Morgan fingerprint density at radius 1 is 1.64 bits per heavy atom. The molecule has 1 N–H and O–H groups in total. The van der Waals surface area contributed by atoms with Crippen LogP contribution in [0.3, 0.4) is 0 Å². The third-order valence-corrected chi connectivity index (χ3v) is 2.60. The molecule has 1 atom stereocenters. The third-order valence-electron chi connectivity index (χ3n) is 2.60. The number of carboxylic acids is 1. The number of hydrogen-bond donors (Lipinski definition) is 1. The molecule has 14 heavy (non-hydrogen) atoms. The van der Waals surface area contributed by atoms with Crippen LogP contribution in [0.15, 0.2) is 36.0 Å². The number of carbonyl (C=O) groups is 1. The molecule has 0 saturated carbocycles. The second-order valence-electron chi connectivity index (χ2n) is 3.77. The lowest BCUT2D eigenvalue weighted by Gasteiger charge is -2.20. The van der Waals surface area contributed by atoms with E-state index in [4.69, 9.17) is 5.11 Å². The quantitative estimate of drug-likeness (QED) is 0.424. The van der Waals surface area contributed by atoms with Gasteiger partial charge in [-0.25, -0.2) is 4.79 Å². The maximum Gasteiger partial charge on any atom is 0.328 e. The summed E-state index contributed by atoms with van der Waals surface area (Å²) in [5.74, 6) is -0.483. The molecule has 0 heterocycles. The van der Waals surface area contributed by atoms with Crippen molar-refractivity contribution >= 4 is 5.97 Å². The molecule has 0 saturated heterocycles. The minimum absolute atomic E-state index is 0.425. The highest BCUT2D eigenvalue weighted by atomic mass is 16.4. The van der Waals surface area contributed by atoms with Gasteiger partial charge >= 0.3 is 5.97 Å². The van der Waals surface area contributed by atoms with Crippen LogP contribution in [0.2, 0.25) is 0 Å². The number of rotatable bonds is 3. The van der Waals surface area contributed by atoms with E-state index < -0.39 is 5.97 Å². The van der Waals surface area contributed by atoms with E-state index in [1.54, 1.807) is 6.08 Å². The predicted molar refractivity (Wildman–Crippen MR) is 57.0 cm³/mol. The molecule has 0 amide bonds. The monoisotopic (exact) mass is 192 g/mol. The lowest BCUT2D eigenvalue weighted by molar-refractivity contribution is -0.131. The maximum atomic E-state index is 10.3. The maximum absolute atomic E-state index is 10.3. The van der Waals surface area contributed by atoms with E-state index in [1.807, 2.05) is 0 Å². The highest BCUT2D eigenvalue weighted by molar-refractivity contribution is 5.80. The van der Waals surface area contributed by atoms with Gasteiger partial charge in [-0.05, 0) is 32.1 Å². The van der Waals surface area contributed by atoms with Gasteiger partial charge in [-0.1, -0.05) is 29.9 Å². The molecule has 0 aromatic heterocycles. The lowest BCUT2D eigenvalue weighted by atomic mass is 9.85. The molecule has 0 radical (unpaired) electrons. The Hall–Kier alpha value is -1.31. The summed E-state index contributed by atoms with van der Waals surface area (Å²) in [7, 11) is 0. The molecule has 1 aliphatic rings. The van der Waals surface area contributed by atoms with E-state index in [9.17, 15) is 4.79 Å². The van der Waals surface area contributed by atoms with Crippen molar-refractivity contribution < 1.29 is 9.90 Å². The molecule has 76 valence electrons. The Kier molecular flexibility index (Phi) is 3.69. The molecule has 0 bridgehead atoms. The second-order valence-corrected chi connectivity index (χ2v) is 3.77. The Balaban J connectivity index is 2.51. The first kappa shape index (κ1) is 10.8. The van der Waals surface area contributed by atoms with Gasteiger partial charge in [-0.15, -0.1) is 0 Å². The van der Waals surface area contributed by atoms with Gasteiger partial charge in [0.1, 0.15) is 0 Å². The van der Waals surface area contributed by atoms with Crippen LogP contribution in [0.25, 0.3) is 0 Å². The Morgan fingerprint density at radius 2 is 2.36 bits per heavy atom. The highest BCUT2D eigenvalue weighted by Crippen LogP contribution is 2.28. The van der Waals surface area contributed by atoms with Gasteiger partial charge in [-0.2, -0.15) is 0 Å². The van der Waals surface area contributed by atoms with Gasteiger partial charge in [0.05, 0.1) is 0 Å².